The van der Waals surface area contributed by atoms with Crippen molar-refractivity contribution in [3.8, 4) is 0 Å². The van der Waals surface area contributed by atoms with Crippen LogP contribution in [0.25, 0.3) is 0 Å². The third kappa shape index (κ3) is 3.78. The van der Waals surface area contributed by atoms with Gasteiger partial charge in [-0.05, 0) is 0 Å². The number of piperazine rings is 1. The minimum Gasteiger partial charge on any atom is -0.465 e. The molecule has 2 fully saturated rings. The van der Waals surface area contributed by atoms with E-state index in [0.29, 0.717) is 13.2 Å². The summed E-state index contributed by atoms with van der Waals surface area (Å²) in [4.78, 5) is 12.0. The predicted molar refractivity (Wildman–Crippen MR) is 65.5 cm³/mol. The molecule has 9 heteroatoms. The van der Waals surface area contributed by atoms with E-state index in [2.05, 4.69) is 0 Å². The molecule has 2 aliphatic rings. The SMILES string of the molecule is O=C(O)N1CCN(S(=O)(=O)CC2COCCO2)CC1. The van der Waals surface area contributed by atoms with Gasteiger partial charge in [0.2, 0.25) is 10.0 Å². The van der Waals surface area contributed by atoms with Gasteiger partial charge in [-0.1, -0.05) is 0 Å². The molecule has 1 unspecified atom stereocenters. The molecule has 2 heterocycles. The van der Waals surface area contributed by atoms with Crippen LogP contribution in [0.3, 0.4) is 0 Å². The topological polar surface area (TPSA) is 96.4 Å². The van der Waals surface area contributed by atoms with E-state index in [1.54, 1.807) is 0 Å². The van der Waals surface area contributed by atoms with Crippen molar-refractivity contribution in [3.05, 3.63) is 0 Å². The Hall–Kier alpha value is -0.900. The number of carboxylic acid groups (broad SMARTS) is 1. The Labute approximate surface area is 111 Å². The third-order valence-corrected chi connectivity index (χ3v) is 5.13. The molecule has 8 nitrogen and oxygen atoms in total. The lowest BCUT2D eigenvalue weighted by Crippen LogP contribution is -2.52. The fourth-order valence-corrected chi connectivity index (χ4v) is 3.72. The molecule has 0 aromatic carbocycles. The molecule has 2 rings (SSSR count). The van der Waals surface area contributed by atoms with Gasteiger partial charge >= 0.3 is 6.09 Å². The number of sulfonamides is 1. The van der Waals surface area contributed by atoms with Gasteiger partial charge in [0.1, 0.15) is 0 Å². The number of carbonyl (C=O) groups is 1. The number of nitrogens with zero attached hydrogens (tertiary/aromatic N) is 2. The van der Waals surface area contributed by atoms with Gasteiger partial charge in [0.15, 0.2) is 0 Å². The molecule has 0 saturated carbocycles. The van der Waals surface area contributed by atoms with Crippen LogP contribution in [-0.4, -0.2) is 86.7 Å². The van der Waals surface area contributed by atoms with E-state index in [0.717, 1.165) is 0 Å². The maximum Gasteiger partial charge on any atom is 0.407 e. The largest absolute Gasteiger partial charge is 0.465 e. The first-order chi connectivity index (χ1) is 8.99. The molecule has 0 spiro atoms. The first kappa shape index (κ1) is 14.5. The van der Waals surface area contributed by atoms with E-state index < -0.39 is 22.2 Å². The van der Waals surface area contributed by atoms with Crippen LogP contribution < -0.4 is 0 Å². The van der Waals surface area contributed by atoms with E-state index in [1.165, 1.54) is 9.21 Å². The van der Waals surface area contributed by atoms with Crippen LogP contribution >= 0.6 is 0 Å². The highest BCUT2D eigenvalue weighted by atomic mass is 32.2. The maximum absolute atomic E-state index is 12.2. The van der Waals surface area contributed by atoms with Crippen molar-refractivity contribution >= 4 is 16.1 Å². The van der Waals surface area contributed by atoms with Crippen LogP contribution in [0, 0.1) is 0 Å². The smallest absolute Gasteiger partial charge is 0.407 e. The Kier molecular flexibility index (Phi) is 4.61. The third-order valence-electron chi connectivity index (χ3n) is 3.18. The van der Waals surface area contributed by atoms with Crippen molar-refractivity contribution in [1.82, 2.24) is 9.21 Å². The Morgan fingerprint density at radius 1 is 1.21 bits per heavy atom. The highest BCUT2D eigenvalue weighted by Gasteiger charge is 2.31. The van der Waals surface area contributed by atoms with Gasteiger partial charge in [0, 0.05) is 26.2 Å². The second-order valence-electron chi connectivity index (χ2n) is 4.51. The van der Waals surface area contributed by atoms with Crippen molar-refractivity contribution in [1.29, 1.82) is 0 Å². The highest BCUT2D eigenvalue weighted by Crippen LogP contribution is 2.12. The van der Waals surface area contributed by atoms with Crippen molar-refractivity contribution in [2.75, 3.05) is 51.8 Å². The van der Waals surface area contributed by atoms with Crippen LogP contribution in [0.5, 0.6) is 0 Å². The molecule has 2 saturated heterocycles. The molecule has 1 amide bonds. The van der Waals surface area contributed by atoms with Crippen LogP contribution in [0.4, 0.5) is 4.79 Å². The van der Waals surface area contributed by atoms with Gasteiger partial charge < -0.3 is 19.5 Å². The molecular formula is C10H18N2O6S. The maximum atomic E-state index is 12.2. The van der Waals surface area contributed by atoms with Crippen molar-refractivity contribution in [3.63, 3.8) is 0 Å². The summed E-state index contributed by atoms with van der Waals surface area (Å²) >= 11 is 0. The molecule has 19 heavy (non-hydrogen) atoms. The summed E-state index contributed by atoms with van der Waals surface area (Å²) in [5.41, 5.74) is 0. The second kappa shape index (κ2) is 6.04. The zero-order chi connectivity index (χ0) is 13.9. The summed E-state index contributed by atoms with van der Waals surface area (Å²) in [5.74, 6) is -0.111. The standard InChI is InChI=1S/C10H18N2O6S/c13-10(14)11-1-3-12(4-2-11)19(15,16)8-9-7-17-5-6-18-9/h9H,1-8H2,(H,13,14). The van der Waals surface area contributed by atoms with Gasteiger partial charge in [0.05, 0.1) is 31.7 Å². The van der Waals surface area contributed by atoms with Crippen LogP contribution in [0.2, 0.25) is 0 Å². The Balaban J connectivity index is 1.88. The van der Waals surface area contributed by atoms with Gasteiger partial charge in [-0.2, -0.15) is 4.31 Å². The second-order valence-corrected chi connectivity index (χ2v) is 6.53. The predicted octanol–water partition coefficient (Wildman–Crippen LogP) is -0.973. The fraction of sp³-hybridized carbons (Fsp3) is 0.900. The van der Waals surface area contributed by atoms with Gasteiger partial charge in [-0.25, -0.2) is 13.2 Å². The summed E-state index contributed by atoms with van der Waals surface area (Å²) in [5, 5.41) is 8.81. The van der Waals surface area contributed by atoms with Crippen molar-refractivity contribution in [2.45, 2.75) is 6.10 Å². The van der Waals surface area contributed by atoms with E-state index in [-0.39, 0.29) is 38.5 Å². The van der Waals surface area contributed by atoms with Crippen LogP contribution in [-0.2, 0) is 19.5 Å². The zero-order valence-electron chi connectivity index (χ0n) is 10.5. The fourth-order valence-electron chi connectivity index (χ4n) is 2.13. The van der Waals surface area contributed by atoms with Crippen LogP contribution in [0.1, 0.15) is 0 Å². The molecule has 2 aliphatic heterocycles. The Bertz CT molecular complexity index is 412. The summed E-state index contributed by atoms with van der Waals surface area (Å²) in [7, 11) is -3.42. The first-order valence-electron chi connectivity index (χ1n) is 6.14. The van der Waals surface area contributed by atoms with E-state index in [9.17, 15) is 13.2 Å². The lowest BCUT2D eigenvalue weighted by molar-refractivity contribution is -0.0785. The number of ether oxygens (including phenoxy) is 2. The summed E-state index contributed by atoms with van der Waals surface area (Å²) in [6, 6.07) is 0. The molecular weight excluding hydrogens is 276 g/mol. The molecule has 0 aromatic heterocycles. The zero-order valence-corrected chi connectivity index (χ0v) is 11.3. The van der Waals surface area contributed by atoms with Crippen molar-refractivity contribution < 1.29 is 27.8 Å². The number of amides is 1. The number of rotatable bonds is 3. The summed E-state index contributed by atoms with van der Waals surface area (Å²) in [6.07, 6.45) is -1.45. The van der Waals surface area contributed by atoms with E-state index in [4.69, 9.17) is 14.6 Å². The molecule has 0 radical (unpaired) electrons. The number of hydrogen-bond acceptors (Lipinski definition) is 5. The molecule has 110 valence electrons. The first-order valence-corrected chi connectivity index (χ1v) is 7.75. The van der Waals surface area contributed by atoms with Crippen LogP contribution in [0.15, 0.2) is 0 Å². The molecule has 0 bridgehead atoms. The normalized spacial score (nSPS) is 26.3. The number of hydrogen-bond donors (Lipinski definition) is 1. The average molecular weight is 294 g/mol. The average Bonchev–Trinajstić information content (AvgIpc) is 2.39. The molecule has 1 atom stereocenters. The van der Waals surface area contributed by atoms with Gasteiger partial charge in [-0.15, -0.1) is 0 Å². The lowest BCUT2D eigenvalue weighted by Gasteiger charge is -2.33. The Morgan fingerprint density at radius 2 is 1.89 bits per heavy atom. The monoisotopic (exact) mass is 294 g/mol. The van der Waals surface area contributed by atoms with E-state index in [1.807, 2.05) is 0 Å². The highest BCUT2D eigenvalue weighted by molar-refractivity contribution is 7.89. The van der Waals surface area contributed by atoms with E-state index >= 15 is 0 Å². The molecule has 0 aliphatic carbocycles. The summed E-state index contributed by atoms with van der Waals surface area (Å²) in [6.45, 7) is 1.99. The molecule has 1 N–H and O–H groups in total. The van der Waals surface area contributed by atoms with Crippen molar-refractivity contribution in [2.24, 2.45) is 0 Å². The Morgan fingerprint density at radius 3 is 2.42 bits per heavy atom. The quantitative estimate of drug-likeness (QED) is 0.719. The van der Waals surface area contributed by atoms with Gasteiger partial charge in [-0.3, -0.25) is 0 Å². The minimum absolute atomic E-state index is 0.111. The lowest BCUT2D eigenvalue weighted by atomic mass is 10.4. The summed E-state index contributed by atoms with van der Waals surface area (Å²) < 4.78 is 36.1. The minimum atomic E-state index is -3.42. The molecule has 0 aromatic rings. The van der Waals surface area contributed by atoms with Gasteiger partial charge in [0.25, 0.3) is 0 Å².